The summed E-state index contributed by atoms with van der Waals surface area (Å²) in [5.74, 6) is 0.0787. The minimum Gasteiger partial charge on any atom is -0.396 e. The highest BCUT2D eigenvalue weighted by molar-refractivity contribution is 5.91. The molecule has 0 aromatic heterocycles. The number of rotatable bonds is 5. The van der Waals surface area contributed by atoms with E-state index in [4.69, 9.17) is 4.74 Å². The Labute approximate surface area is 90.4 Å². The van der Waals surface area contributed by atoms with E-state index in [0.29, 0.717) is 19.6 Å². The summed E-state index contributed by atoms with van der Waals surface area (Å²) in [5, 5.41) is 9.39. The smallest absolute Gasteiger partial charge is 0.156 e. The van der Waals surface area contributed by atoms with Gasteiger partial charge in [0, 0.05) is 11.8 Å². The third kappa shape index (κ3) is 3.29. The molecule has 1 rings (SSSR count). The molecule has 0 saturated heterocycles. The van der Waals surface area contributed by atoms with Crippen LogP contribution >= 0.6 is 0 Å². The summed E-state index contributed by atoms with van der Waals surface area (Å²) in [4.78, 5) is 11.4. The van der Waals surface area contributed by atoms with E-state index in [9.17, 15) is 9.90 Å². The number of aliphatic hydroxyl groups excluding tert-OH is 1. The molecule has 1 aliphatic rings. The topological polar surface area (TPSA) is 46.5 Å². The number of ketones is 1. The largest absolute Gasteiger partial charge is 0.396 e. The highest BCUT2D eigenvalue weighted by Gasteiger charge is 2.35. The lowest BCUT2D eigenvalue weighted by Crippen LogP contribution is -2.36. The second kappa shape index (κ2) is 5.24. The van der Waals surface area contributed by atoms with Crippen molar-refractivity contribution in [2.75, 3.05) is 19.8 Å². The van der Waals surface area contributed by atoms with E-state index in [1.54, 1.807) is 12.2 Å². The molecule has 3 nitrogen and oxygen atoms in total. The monoisotopic (exact) mass is 210 g/mol. The van der Waals surface area contributed by atoms with Gasteiger partial charge in [-0.3, -0.25) is 4.79 Å². The van der Waals surface area contributed by atoms with Gasteiger partial charge in [-0.15, -0.1) is 6.58 Å². The van der Waals surface area contributed by atoms with Crippen LogP contribution in [0.5, 0.6) is 0 Å². The molecule has 0 spiro atoms. The van der Waals surface area contributed by atoms with E-state index < -0.39 is 5.41 Å². The van der Waals surface area contributed by atoms with Crippen LogP contribution in [0.4, 0.5) is 0 Å². The molecular weight excluding hydrogens is 192 g/mol. The lowest BCUT2D eigenvalue weighted by molar-refractivity contribution is -0.120. The van der Waals surface area contributed by atoms with Gasteiger partial charge in [-0.2, -0.15) is 0 Å². The molecular formula is C12H18O3. The fraction of sp³-hybridized carbons (Fsp3) is 0.583. The minimum atomic E-state index is -0.418. The first-order valence-corrected chi connectivity index (χ1v) is 5.11. The first-order valence-electron chi connectivity index (χ1n) is 5.11. The third-order valence-electron chi connectivity index (χ3n) is 2.59. The molecule has 1 aliphatic carbocycles. The number of hydrogen-bond acceptors (Lipinski definition) is 3. The Morgan fingerprint density at radius 2 is 2.40 bits per heavy atom. The number of hydrogen-bond donors (Lipinski definition) is 1. The van der Waals surface area contributed by atoms with Crippen LogP contribution in [0.3, 0.4) is 0 Å². The second-order valence-electron chi connectivity index (χ2n) is 4.27. The normalized spacial score (nSPS) is 26.3. The molecule has 1 atom stereocenters. The van der Waals surface area contributed by atoms with Crippen LogP contribution in [0.15, 0.2) is 24.3 Å². The molecule has 0 bridgehead atoms. The number of allylic oxidation sites excluding steroid dienone is 2. The summed E-state index contributed by atoms with van der Waals surface area (Å²) in [6.45, 7) is 6.32. The molecule has 0 aliphatic heterocycles. The van der Waals surface area contributed by atoms with Crippen LogP contribution < -0.4 is 0 Å². The molecule has 0 amide bonds. The van der Waals surface area contributed by atoms with E-state index in [2.05, 4.69) is 6.58 Å². The summed E-state index contributed by atoms with van der Waals surface area (Å²) in [6.07, 6.45) is 4.42. The number of ether oxygens (including phenoxy) is 1. The van der Waals surface area contributed by atoms with Gasteiger partial charge in [0.1, 0.15) is 0 Å². The molecule has 84 valence electrons. The van der Waals surface area contributed by atoms with Crippen molar-refractivity contribution < 1.29 is 14.6 Å². The van der Waals surface area contributed by atoms with Crippen LogP contribution in [0.25, 0.3) is 0 Å². The first-order chi connectivity index (χ1) is 7.12. The Hall–Kier alpha value is -0.930. The molecule has 0 fully saturated rings. The third-order valence-corrected chi connectivity index (χ3v) is 2.59. The summed E-state index contributed by atoms with van der Waals surface area (Å²) < 4.78 is 5.36. The Bertz CT molecular complexity index is 281. The molecule has 0 saturated carbocycles. The van der Waals surface area contributed by atoms with Gasteiger partial charge in [0.25, 0.3) is 0 Å². The Morgan fingerprint density at radius 1 is 1.67 bits per heavy atom. The summed E-state index contributed by atoms with van der Waals surface area (Å²) in [5.41, 5.74) is 0.598. The van der Waals surface area contributed by atoms with E-state index >= 15 is 0 Å². The van der Waals surface area contributed by atoms with Crippen LogP contribution in [0.1, 0.15) is 19.8 Å². The molecule has 3 heteroatoms. The van der Waals surface area contributed by atoms with Gasteiger partial charge in [-0.05, 0) is 19.4 Å². The van der Waals surface area contributed by atoms with Crippen LogP contribution in [-0.2, 0) is 9.53 Å². The summed E-state index contributed by atoms with van der Waals surface area (Å²) in [6, 6.07) is 0. The average molecular weight is 210 g/mol. The maximum Gasteiger partial charge on any atom is 0.156 e. The quantitative estimate of drug-likeness (QED) is 0.552. The average Bonchev–Trinajstić information content (AvgIpc) is 2.17. The molecule has 1 N–H and O–H groups in total. The molecule has 0 radical (unpaired) electrons. The fourth-order valence-electron chi connectivity index (χ4n) is 2.02. The molecule has 0 heterocycles. The zero-order chi connectivity index (χ0) is 11.3. The van der Waals surface area contributed by atoms with Gasteiger partial charge < -0.3 is 9.84 Å². The number of carbonyl (C=O) groups excluding carboxylic acids is 1. The van der Waals surface area contributed by atoms with Gasteiger partial charge in [-0.25, -0.2) is 0 Å². The second-order valence-corrected chi connectivity index (χ2v) is 4.27. The van der Waals surface area contributed by atoms with Crippen molar-refractivity contribution >= 4 is 5.78 Å². The predicted octanol–water partition coefficient (Wildman–Crippen LogP) is 1.48. The summed E-state index contributed by atoms with van der Waals surface area (Å²) >= 11 is 0. The van der Waals surface area contributed by atoms with Crippen molar-refractivity contribution in [3.63, 3.8) is 0 Å². The fourth-order valence-corrected chi connectivity index (χ4v) is 2.02. The van der Waals surface area contributed by atoms with Crippen molar-refractivity contribution in [2.45, 2.75) is 19.8 Å². The van der Waals surface area contributed by atoms with E-state index in [1.807, 2.05) is 6.92 Å². The van der Waals surface area contributed by atoms with E-state index in [1.165, 1.54) is 0 Å². The highest BCUT2D eigenvalue weighted by atomic mass is 16.5. The number of aliphatic hydroxyl groups is 1. The van der Waals surface area contributed by atoms with Crippen LogP contribution in [0.2, 0.25) is 0 Å². The van der Waals surface area contributed by atoms with Crippen molar-refractivity contribution in [3.05, 3.63) is 24.3 Å². The van der Waals surface area contributed by atoms with E-state index in [0.717, 1.165) is 12.0 Å². The van der Waals surface area contributed by atoms with Gasteiger partial charge in [-0.1, -0.05) is 11.6 Å². The maximum absolute atomic E-state index is 11.4. The van der Waals surface area contributed by atoms with Crippen molar-refractivity contribution in [1.82, 2.24) is 0 Å². The standard InChI is InChI=1S/C12H18O3/c1-3-4-15-9-12(8-13)6-10(2)5-11(14)7-12/h3,5,13H,1,4,6-9H2,2H3. The van der Waals surface area contributed by atoms with Gasteiger partial charge in [0.15, 0.2) is 5.78 Å². The Balaban J connectivity index is 2.64. The Kier molecular flexibility index (Phi) is 4.24. The van der Waals surface area contributed by atoms with Gasteiger partial charge in [0.2, 0.25) is 0 Å². The van der Waals surface area contributed by atoms with Gasteiger partial charge >= 0.3 is 0 Å². The molecule has 1 unspecified atom stereocenters. The zero-order valence-corrected chi connectivity index (χ0v) is 9.16. The maximum atomic E-state index is 11.4. The number of carbonyl (C=O) groups is 1. The highest BCUT2D eigenvalue weighted by Crippen LogP contribution is 2.34. The minimum absolute atomic E-state index is 0.0128. The predicted molar refractivity (Wildman–Crippen MR) is 58.5 cm³/mol. The van der Waals surface area contributed by atoms with Crippen molar-refractivity contribution in [3.8, 4) is 0 Å². The lowest BCUT2D eigenvalue weighted by Gasteiger charge is -2.33. The van der Waals surface area contributed by atoms with Crippen LogP contribution in [0, 0.1) is 5.41 Å². The van der Waals surface area contributed by atoms with Gasteiger partial charge in [0.05, 0.1) is 19.8 Å². The molecule has 0 aromatic rings. The van der Waals surface area contributed by atoms with Crippen molar-refractivity contribution in [1.29, 1.82) is 0 Å². The Morgan fingerprint density at radius 3 is 2.93 bits per heavy atom. The summed E-state index contributed by atoms with van der Waals surface area (Å²) in [7, 11) is 0. The SMILES string of the molecule is C=CCOCC1(CO)CC(=O)C=C(C)C1. The zero-order valence-electron chi connectivity index (χ0n) is 9.16. The molecule has 0 aromatic carbocycles. The van der Waals surface area contributed by atoms with E-state index in [-0.39, 0.29) is 12.4 Å². The van der Waals surface area contributed by atoms with Crippen molar-refractivity contribution in [2.24, 2.45) is 5.41 Å². The lowest BCUT2D eigenvalue weighted by atomic mass is 9.75. The van der Waals surface area contributed by atoms with Crippen LogP contribution in [-0.4, -0.2) is 30.7 Å². The first kappa shape index (κ1) is 12.1. The molecule has 15 heavy (non-hydrogen) atoms.